The lowest BCUT2D eigenvalue weighted by molar-refractivity contribution is 0.406. The number of halogens is 1. The van der Waals surface area contributed by atoms with Crippen LogP contribution in [-0.2, 0) is 13.0 Å². The lowest BCUT2D eigenvalue weighted by Crippen LogP contribution is -2.28. The maximum atomic E-state index is 13.1. The summed E-state index contributed by atoms with van der Waals surface area (Å²) in [6.45, 7) is 4.82. The summed E-state index contributed by atoms with van der Waals surface area (Å²) in [6, 6.07) is 13.3. The molecule has 0 saturated carbocycles. The molecule has 1 atom stereocenters. The van der Waals surface area contributed by atoms with Crippen molar-refractivity contribution in [2.75, 3.05) is 7.11 Å². The molecule has 0 aliphatic heterocycles. The van der Waals surface area contributed by atoms with Crippen molar-refractivity contribution in [2.45, 2.75) is 32.9 Å². The lowest BCUT2D eigenvalue weighted by Gasteiger charge is -2.16. The van der Waals surface area contributed by atoms with Crippen LogP contribution in [0.25, 0.3) is 0 Å². The van der Waals surface area contributed by atoms with Crippen molar-refractivity contribution >= 4 is 0 Å². The summed E-state index contributed by atoms with van der Waals surface area (Å²) in [5.41, 5.74) is 3.30. The molecule has 1 unspecified atom stereocenters. The molecule has 3 heteroatoms. The quantitative estimate of drug-likeness (QED) is 0.871. The van der Waals surface area contributed by atoms with Crippen molar-refractivity contribution in [1.29, 1.82) is 0 Å². The zero-order valence-corrected chi connectivity index (χ0v) is 12.8. The number of nitrogens with one attached hydrogen (secondary N) is 1. The predicted octanol–water partition coefficient (Wildman–Crippen LogP) is 3.86. The molecule has 0 radical (unpaired) electrons. The van der Waals surface area contributed by atoms with Gasteiger partial charge in [-0.25, -0.2) is 4.39 Å². The van der Waals surface area contributed by atoms with Crippen molar-refractivity contribution in [3.05, 3.63) is 65.0 Å². The minimum atomic E-state index is -0.182. The SMILES string of the molecule is COc1ccccc1CC(C)NCc1ccc(F)cc1C. The normalized spacial score (nSPS) is 12.2. The van der Waals surface area contributed by atoms with E-state index in [9.17, 15) is 4.39 Å². The highest BCUT2D eigenvalue weighted by molar-refractivity contribution is 5.34. The minimum Gasteiger partial charge on any atom is -0.496 e. The molecular weight excluding hydrogens is 265 g/mol. The average molecular weight is 287 g/mol. The molecule has 1 N–H and O–H groups in total. The molecule has 2 aromatic carbocycles. The molecule has 2 rings (SSSR count). The van der Waals surface area contributed by atoms with Crippen LogP contribution < -0.4 is 10.1 Å². The number of ether oxygens (including phenoxy) is 1. The van der Waals surface area contributed by atoms with E-state index < -0.39 is 0 Å². The largest absolute Gasteiger partial charge is 0.496 e. The van der Waals surface area contributed by atoms with Crippen LogP contribution in [0.15, 0.2) is 42.5 Å². The third kappa shape index (κ3) is 4.30. The molecule has 0 aliphatic carbocycles. The fraction of sp³-hybridized carbons (Fsp3) is 0.333. The van der Waals surface area contributed by atoms with E-state index in [4.69, 9.17) is 4.74 Å². The topological polar surface area (TPSA) is 21.3 Å². The van der Waals surface area contributed by atoms with Gasteiger partial charge in [0.1, 0.15) is 11.6 Å². The molecule has 112 valence electrons. The number of benzene rings is 2. The molecule has 0 aliphatic rings. The second-order valence-electron chi connectivity index (χ2n) is 5.37. The fourth-order valence-corrected chi connectivity index (χ4v) is 2.42. The molecule has 0 saturated heterocycles. The van der Waals surface area contributed by atoms with Crippen LogP contribution in [0.2, 0.25) is 0 Å². The molecule has 0 aromatic heterocycles. The van der Waals surface area contributed by atoms with Gasteiger partial charge in [-0.3, -0.25) is 0 Å². The van der Waals surface area contributed by atoms with Crippen LogP contribution in [0.1, 0.15) is 23.6 Å². The van der Waals surface area contributed by atoms with Crippen LogP contribution >= 0.6 is 0 Å². The highest BCUT2D eigenvalue weighted by Gasteiger charge is 2.08. The van der Waals surface area contributed by atoms with Crippen LogP contribution in [0, 0.1) is 12.7 Å². The van der Waals surface area contributed by atoms with Gasteiger partial charge >= 0.3 is 0 Å². The summed E-state index contributed by atoms with van der Waals surface area (Å²) in [7, 11) is 1.69. The molecule has 2 nitrogen and oxygen atoms in total. The maximum Gasteiger partial charge on any atom is 0.123 e. The Labute approximate surface area is 126 Å². The van der Waals surface area contributed by atoms with Crippen molar-refractivity contribution in [3.63, 3.8) is 0 Å². The Kier molecular flexibility index (Phi) is 5.34. The third-order valence-electron chi connectivity index (χ3n) is 3.66. The van der Waals surface area contributed by atoms with Gasteiger partial charge in [-0.2, -0.15) is 0 Å². The van der Waals surface area contributed by atoms with E-state index in [1.54, 1.807) is 13.2 Å². The van der Waals surface area contributed by atoms with E-state index >= 15 is 0 Å². The Balaban J connectivity index is 1.94. The standard InChI is InChI=1S/C18H22FNO/c1-13-10-17(19)9-8-16(13)12-20-14(2)11-15-6-4-5-7-18(15)21-3/h4-10,14,20H,11-12H2,1-3H3. The van der Waals surface area contributed by atoms with Crippen LogP contribution in [0.5, 0.6) is 5.75 Å². The number of methoxy groups -OCH3 is 1. The predicted molar refractivity (Wildman–Crippen MR) is 84.1 cm³/mol. The monoisotopic (exact) mass is 287 g/mol. The van der Waals surface area contributed by atoms with Gasteiger partial charge in [0.2, 0.25) is 0 Å². The Bertz CT molecular complexity index is 598. The van der Waals surface area contributed by atoms with Crippen LogP contribution in [-0.4, -0.2) is 13.2 Å². The van der Waals surface area contributed by atoms with Gasteiger partial charge in [-0.1, -0.05) is 24.3 Å². The fourth-order valence-electron chi connectivity index (χ4n) is 2.42. The second kappa shape index (κ2) is 7.23. The summed E-state index contributed by atoms with van der Waals surface area (Å²) in [4.78, 5) is 0. The van der Waals surface area contributed by atoms with E-state index in [1.165, 1.54) is 11.6 Å². The first kappa shape index (κ1) is 15.5. The summed E-state index contributed by atoms with van der Waals surface area (Å²) in [6.07, 6.45) is 0.893. The molecule has 0 spiro atoms. The van der Waals surface area contributed by atoms with E-state index in [1.807, 2.05) is 31.2 Å². The first-order valence-electron chi connectivity index (χ1n) is 7.20. The van der Waals surface area contributed by atoms with E-state index in [0.717, 1.165) is 29.8 Å². The first-order valence-corrected chi connectivity index (χ1v) is 7.20. The van der Waals surface area contributed by atoms with Crippen molar-refractivity contribution in [3.8, 4) is 5.75 Å². The van der Waals surface area contributed by atoms with Gasteiger partial charge < -0.3 is 10.1 Å². The molecule has 0 amide bonds. The maximum absolute atomic E-state index is 13.1. The number of rotatable bonds is 6. The molecule has 0 fully saturated rings. The Morgan fingerprint density at radius 2 is 1.90 bits per heavy atom. The number of para-hydroxylation sites is 1. The Morgan fingerprint density at radius 1 is 1.14 bits per heavy atom. The van der Waals surface area contributed by atoms with Crippen molar-refractivity contribution in [2.24, 2.45) is 0 Å². The number of hydrogen-bond acceptors (Lipinski definition) is 2. The molecule has 2 aromatic rings. The summed E-state index contributed by atoms with van der Waals surface area (Å²) < 4.78 is 18.5. The van der Waals surface area contributed by atoms with Crippen molar-refractivity contribution in [1.82, 2.24) is 5.32 Å². The zero-order valence-electron chi connectivity index (χ0n) is 12.8. The Hall–Kier alpha value is -1.87. The molecule has 0 heterocycles. The lowest BCUT2D eigenvalue weighted by atomic mass is 10.0. The third-order valence-corrected chi connectivity index (χ3v) is 3.66. The Morgan fingerprint density at radius 3 is 2.62 bits per heavy atom. The van der Waals surface area contributed by atoms with Gasteiger partial charge in [0.05, 0.1) is 7.11 Å². The van der Waals surface area contributed by atoms with Gasteiger partial charge in [-0.15, -0.1) is 0 Å². The van der Waals surface area contributed by atoms with E-state index in [2.05, 4.69) is 18.3 Å². The van der Waals surface area contributed by atoms with Gasteiger partial charge in [0, 0.05) is 12.6 Å². The summed E-state index contributed by atoms with van der Waals surface area (Å²) in [5.74, 6) is 0.738. The van der Waals surface area contributed by atoms with Crippen molar-refractivity contribution < 1.29 is 9.13 Å². The highest BCUT2D eigenvalue weighted by atomic mass is 19.1. The summed E-state index contributed by atoms with van der Waals surface area (Å²) >= 11 is 0. The van der Waals surface area contributed by atoms with Crippen LogP contribution in [0.4, 0.5) is 4.39 Å². The van der Waals surface area contributed by atoms with E-state index in [-0.39, 0.29) is 5.82 Å². The van der Waals surface area contributed by atoms with E-state index in [0.29, 0.717) is 6.04 Å². The zero-order chi connectivity index (χ0) is 15.2. The molecule has 21 heavy (non-hydrogen) atoms. The summed E-state index contributed by atoms with van der Waals surface area (Å²) in [5, 5.41) is 3.48. The van der Waals surface area contributed by atoms with Gasteiger partial charge in [0.25, 0.3) is 0 Å². The van der Waals surface area contributed by atoms with Gasteiger partial charge in [-0.05, 0) is 55.2 Å². The number of hydrogen-bond donors (Lipinski definition) is 1. The van der Waals surface area contributed by atoms with Crippen LogP contribution in [0.3, 0.4) is 0 Å². The minimum absolute atomic E-state index is 0.182. The first-order chi connectivity index (χ1) is 10.1. The average Bonchev–Trinajstić information content (AvgIpc) is 2.47. The second-order valence-corrected chi connectivity index (χ2v) is 5.37. The number of aryl methyl sites for hydroxylation is 1. The molecule has 0 bridgehead atoms. The highest BCUT2D eigenvalue weighted by Crippen LogP contribution is 2.19. The molecular formula is C18H22FNO. The van der Waals surface area contributed by atoms with Gasteiger partial charge in [0.15, 0.2) is 0 Å². The smallest absolute Gasteiger partial charge is 0.123 e.